The summed E-state index contributed by atoms with van der Waals surface area (Å²) in [6, 6.07) is 25.1. The number of hydrogen-bond acceptors (Lipinski definition) is 11. The molecule has 0 fully saturated rings. The first-order valence-corrected chi connectivity index (χ1v) is 16.2. The van der Waals surface area contributed by atoms with Crippen LogP contribution in [0.25, 0.3) is 21.7 Å². The van der Waals surface area contributed by atoms with E-state index in [1.165, 1.54) is 49.3 Å². The summed E-state index contributed by atoms with van der Waals surface area (Å²) in [6.07, 6.45) is 0. The predicted molar refractivity (Wildman–Crippen MR) is 180 cm³/mol. The van der Waals surface area contributed by atoms with E-state index in [1.807, 2.05) is 18.2 Å². The van der Waals surface area contributed by atoms with Crippen LogP contribution in [0.1, 0.15) is 27.7 Å². The number of aliphatic hydroxyl groups is 1. The van der Waals surface area contributed by atoms with Gasteiger partial charge in [-0.25, -0.2) is 0 Å². The molecule has 1 aliphatic rings. The summed E-state index contributed by atoms with van der Waals surface area (Å²) in [5, 5.41) is 23.2. The van der Waals surface area contributed by atoms with Crippen molar-refractivity contribution < 1.29 is 33.3 Å². The van der Waals surface area contributed by atoms with Gasteiger partial charge in [-0.15, -0.1) is 10.2 Å². The lowest BCUT2D eigenvalue weighted by Crippen LogP contribution is -2.31. The van der Waals surface area contributed by atoms with Crippen LogP contribution >= 0.6 is 23.1 Å². The molecular weight excluding hydrogens is 639 g/mol. The molecule has 0 spiro atoms. The molecule has 1 atom stereocenters. The number of para-hydroxylation sites is 1. The fourth-order valence-electron chi connectivity index (χ4n) is 5.73. The topological polar surface area (TPSA) is 124 Å². The second-order valence-corrected chi connectivity index (χ2v) is 12.7. The number of carbonyl (C=O) groups is 2. The van der Waals surface area contributed by atoms with E-state index in [4.69, 9.17) is 18.6 Å². The van der Waals surface area contributed by atoms with E-state index in [0.29, 0.717) is 43.9 Å². The Hall–Kier alpha value is -5.33. The standard InChI is InChI=1S/C35H27N3O7S2/c1-42-24-15-14-20(16-26(24)44-3)29-28(30(39)27-17-21-10-7-13-25(43-2)32(21)45-27)31(40)33(41)38(29)34-36-37-35(47-34)46-18-22-11-6-9-19-8-4-5-12-23(19)22/h4-17,29,40H,18H2,1-3H3. The third-order valence-corrected chi connectivity index (χ3v) is 10.1. The molecule has 0 saturated carbocycles. The summed E-state index contributed by atoms with van der Waals surface area (Å²) >= 11 is 2.68. The molecule has 1 amide bonds. The van der Waals surface area contributed by atoms with E-state index in [-0.39, 0.29) is 16.5 Å². The van der Waals surface area contributed by atoms with Crippen LogP contribution in [0.15, 0.2) is 105 Å². The number of hydrogen-bond donors (Lipinski definition) is 1. The Morgan fingerprint density at radius 2 is 1.64 bits per heavy atom. The zero-order valence-electron chi connectivity index (χ0n) is 25.4. The summed E-state index contributed by atoms with van der Waals surface area (Å²) in [7, 11) is 4.51. The van der Waals surface area contributed by atoms with Crippen LogP contribution in [0.4, 0.5) is 5.13 Å². The Morgan fingerprint density at radius 1 is 0.894 bits per heavy atom. The van der Waals surface area contributed by atoms with Gasteiger partial charge in [0.1, 0.15) is 0 Å². The fourth-order valence-corrected chi connectivity index (χ4v) is 7.60. The second-order valence-electron chi connectivity index (χ2n) is 10.6. The number of Topliss-reactive ketones (excluding diaryl/α,β-unsaturated/α-hetero) is 1. The molecule has 7 rings (SSSR count). The molecule has 4 aromatic carbocycles. The number of amides is 1. The fraction of sp³-hybridized carbons (Fsp3) is 0.143. The average molecular weight is 666 g/mol. The quantitative estimate of drug-likeness (QED) is 0.0892. The first-order valence-electron chi connectivity index (χ1n) is 14.4. The van der Waals surface area contributed by atoms with Crippen molar-refractivity contribution in [2.24, 2.45) is 0 Å². The molecule has 1 unspecified atom stereocenters. The van der Waals surface area contributed by atoms with Crippen LogP contribution < -0.4 is 19.1 Å². The maximum atomic E-state index is 14.2. The summed E-state index contributed by atoms with van der Waals surface area (Å²) in [6.45, 7) is 0. The van der Waals surface area contributed by atoms with Gasteiger partial charge >= 0.3 is 0 Å². The maximum Gasteiger partial charge on any atom is 0.296 e. The monoisotopic (exact) mass is 665 g/mol. The van der Waals surface area contributed by atoms with Gasteiger partial charge in [0.15, 0.2) is 38.7 Å². The smallest absolute Gasteiger partial charge is 0.296 e. The zero-order chi connectivity index (χ0) is 32.7. The lowest BCUT2D eigenvalue weighted by atomic mass is 9.95. The number of fused-ring (bicyclic) bond motifs is 2. The van der Waals surface area contributed by atoms with E-state index < -0.39 is 23.5 Å². The number of ketones is 1. The van der Waals surface area contributed by atoms with Gasteiger partial charge in [0.05, 0.1) is 32.9 Å². The van der Waals surface area contributed by atoms with Crippen LogP contribution in [0.3, 0.4) is 0 Å². The number of ether oxygens (including phenoxy) is 3. The third kappa shape index (κ3) is 5.34. The number of anilines is 1. The van der Waals surface area contributed by atoms with Crippen molar-refractivity contribution in [3.63, 3.8) is 0 Å². The number of aromatic nitrogens is 2. The van der Waals surface area contributed by atoms with Crippen molar-refractivity contribution in [1.29, 1.82) is 0 Å². The highest BCUT2D eigenvalue weighted by Crippen LogP contribution is 2.46. The van der Waals surface area contributed by atoms with Gasteiger partial charge < -0.3 is 23.7 Å². The molecule has 0 radical (unpaired) electrons. The molecule has 1 aliphatic heterocycles. The van der Waals surface area contributed by atoms with Crippen molar-refractivity contribution in [3.05, 3.63) is 113 Å². The Labute approximate surface area is 277 Å². The summed E-state index contributed by atoms with van der Waals surface area (Å²) < 4.78 is 22.9. The SMILES string of the molecule is COc1ccc(C2C(C(=O)c3cc4cccc(OC)c4o3)=C(O)C(=O)N2c2nnc(SCc3cccc4ccccc34)s2)cc1OC. The predicted octanol–water partition coefficient (Wildman–Crippen LogP) is 7.54. The van der Waals surface area contributed by atoms with Gasteiger partial charge in [0.2, 0.25) is 10.9 Å². The Balaban J connectivity index is 1.27. The zero-order valence-corrected chi connectivity index (χ0v) is 27.1. The largest absolute Gasteiger partial charge is 0.503 e. The van der Waals surface area contributed by atoms with Gasteiger partial charge in [-0.2, -0.15) is 0 Å². The van der Waals surface area contributed by atoms with E-state index in [2.05, 4.69) is 34.5 Å². The molecular formula is C35H27N3O7S2. The highest BCUT2D eigenvalue weighted by molar-refractivity contribution is 8.00. The van der Waals surface area contributed by atoms with E-state index >= 15 is 0 Å². The highest BCUT2D eigenvalue weighted by atomic mass is 32.2. The number of methoxy groups -OCH3 is 3. The van der Waals surface area contributed by atoms with Crippen LogP contribution in [-0.4, -0.2) is 48.3 Å². The molecule has 47 heavy (non-hydrogen) atoms. The normalized spacial score (nSPS) is 14.7. The van der Waals surface area contributed by atoms with Crippen molar-refractivity contribution in [1.82, 2.24) is 10.2 Å². The molecule has 10 nitrogen and oxygen atoms in total. The molecule has 12 heteroatoms. The number of rotatable bonds is 10. The molecule has 2 aromatic heterocycles. The minimum Gasteiger partial charge on any atom is -0.503 e. The minimum atomic E-state index is -1.08. The number of carbonyl (C=O) groups excluding carboxylic acids is 2. The first-order chi connectivity index (χ1) is 22.9. The van der Waals surface area contributed by atoms with Crippen LogP contribution in [0, 0.1) is 0 Å². The minimum absolute atomic E-state index is 0.0604. The number of nitrogens with zero attached hydrogens (tertiary/aromatic N) is 3. The molecule has 0 saturated heterocycles. The summed E-state index contributed by atoms with van der Waals surface area (Å²) in [5.74, 6) is -0.297. The van der Waals surface area contributed by atoms with Crippen LogP contribution in [0.5, 0.6) is 17.2 Å². The van der Waals surface area contributed by atoms with Gasteiger partial charge in [-0.1, -0.05) is 83.8 Å². The van der Waals surface area contributed by atoms with Gasteiger partial charge in [0, 0.05) is 11.1 Å². The average Bonchev–Trinajstić information content (AvgIpc) is 3.83. The molecule has 6 aromatic rings. The van der Waals surface area contributed by atoms with Crippen molar-refractivity contribution in [2.45, 2.75) is 16.1 Å². The Kier molecular flexibility index (Phi) is 8.04. The first kappa shape index (κ1) is 30.3. The van der Waals surface area contributed by atoms with Gasteiger partial charge in [-0.05, 0) is 46.2 Å². The van der Waals surface area contributed by atoms with Crippen molar-refractivity contribution in [3.8, 4) is 17.2 Å². The van der Waals surface area contributed by atoms with Crippen molar-refractivity contribution >= 4 is 61.7 Å². The Morgan fingerprint density at radius 3 is 2.45 bits per heavy atom. The van der Waals surface area contributed by atoms with Gasteiger partial charge in [-0.3, -0.25) is 14.5 Å². The highest BCUT2D eigenvalue weighted by Gasteiger charge is 2.47. The van der Waals surface area contributed by atoms with E-state index in [1.54, 1.807) is 42.5 Å². The number of furan rings is 1. The van der Waals surface area contributed by atoms with Crippen LogP contribution in [0.2, 0.25) is 0 Å². The summed E-state index contributed by atoms with van der Waals surface area (Å²) in [5.41, 5.74) is 1.83. The molecule has 1 N–H and O–H groups in total. The van der Waals surface area contributed by atoms with Crippen molar-refractivity contribution in [2.75, 3.05) is 26.2 Å². The molecule has 236 valence electrons. The number of aliphatic hydroxyl groups excluding tert-OH is 1. The summed E-state index contributed by atoms with van der Waals surface area (Å²) in [4.78, 5) is 29.3. The number of thioether (sulfide) groups is 1. The molecule has 3 heterocycles. The Bertz CT molecular complexity index is 2200. The lowest BCUT2D eigenvalue weighted by molar-refractivity contribution is -0.117. The maximum absolute atomic E-state index is 14.2. The van der Waals surface area contributed by atoms with Gasteiger partial charge in [0.25, 0.3) is 5.91 Å². The number of benzene rings is 4. The third-order valence-electron chi connectivity index (χ3n) is 7.96. The van der Waals surface area contributed by atoms with Crippen LogP contribution in [-0.2, 0) is 10.5 Å². The molecule has 0 aliphatic carbocycles. The van der Waals surface area contributed by atoms with E-state index in [9.17, 15) is 14.7 Å². The second kappa shape index (κ2) is 12.5. The molecule has 0 bridgehead atoms. The lowest BCUT2D eigenvalue weighted by Gasteiger charge is -2.24. The van der Waals surface area contributed by atoms with E-state index in [0.717, 1.165) is 16.3 Å².